The smallest absolute Gasteiger partial charge is 0.112 e. The Morgan fingerprint density at radius 2 is 2.18 bits per heavy atom. The molecule has 1 aromatic heterocycles. The van der Waals surface area contributed by atoms with Gasteiger partial charge in [0.25, 0.3) is 0 Å². The van der Waals surface area contributed by atoms with Gasteiger partial charge >= 0.3 is 0 Å². The molecule has 0 spiro atoms. The van der Waals surface area contributed by atoms with Crippen LogP contribution in [0.25, 0.3) is 0 Å². The fraction of sp³-hybridized carbons (Fsp3) is 0.643. The van der Waals surface area contributed by atoms with Crippen LogP contribution in [0.15, 0.2) is 24.0 Å². The second-order valence-corrected chi connectivity index (χ2v) is 5.65. The van der Waals surface area contributed by atoms with Crippen LogP contribution in [0.4, 0.5) is 0 Å². The minimum absolute atomic E-state index is 0.210. The van der Waals surface area contributed by atoms with Crippen molar-refractivity contribution in [1.82, 2.24) is 14.9 Å². The minimum atomic E-state index is 0.210. The fourth-order valence-electron chi connectivity index (χ4n) is 1.65. The van der Waals surface area contributed by atoms with Crippen molar-refractivity contribution in [2.45, 2.75) is 46.1 Å². The molecule has 17 heavy (non-hydrogen) atoms. The lowest BCUT2D eigenvalue weighted by molar-refractivity contribution is 0.431. The van der Waals surface area contributed by atoms with Gasteiger partial charge in [-0.1, -0.05) is 11.6 Å². The minimum Gasteiger partial charge on any atom is -0.338 e. The molecule has 0 aliphatic heterocycles. The maximum Gasteiger partial charge on any atom is 0.112 e. The molecule has 1 rings (SSSR count). The van der Waals surface area contributed by atoms with Crippen molar-refractivity contribution >= 4 is 0 Å². The Hall–Kier alpha value is -1.09. The summed E-state index contributed by atoms with van der Waals surface area (Å²) in [4.78, 5) is 4.33. The Labute approximate surface area is 105 Å². The van der Waals surface area contributed by atoms with Gasteiger partial charge in [0, 0.05) is 31.4 Å². The number of allylic oxidation sites excluding steroid dienone is 1. The summed E-state index contributed by atoms with van der Waals surface area (Å²) in [5.74, 6) is 1.13. The summed E-state index contributed by atoms with van der Waals surface area (Å²) in [5.41, 5.74) is 1.59. The van der Waals surface area contributed by atoms with Gasteiger partial charge < -0.3 is 9.88 Å². The van der Waals surface area contributed by atoms with Crippen molar-refractivity contribution in [3.63, 3.8) is 0 Å². The van der Waals surface area contributed by atoms with E-state index >= 15 is 0 Å². The van der Waals surface area contributed by atoms with Gasteiger partial charge in [0.1, 0.15) is 5.82 Å². The number of rotatable bonds is 5. The van der Waals surface area contributed by atoms with E-state index in [2.05, 4.69) is 48.6 Å². The molecule has 0 saturated carbocycles. The number of aryl methyl sites for hydroxylation is 1. The van der Waals surface area contributed by atoms with E-state index in [0.29, 0.717) is 0 Å². The maximum absolute atomic E-state index is 4.33. The van der Waals surface area contributed by atoms with Crippen LogP contribution in [-0.2, 0) is 13.5 Å². The molecule has 0 amide bonds. The first-order valence-corrected chi connectivity index (χ1v) is 6.25. The van der Waals surface area contributed by atoms with E-state index in [0.717, 1.165) is 25.2 Å². The van der Waals surface area contributed by atoms with Crippen molar-refractivity contribution in [2.24, 2.45) is 7.05 Å². The van der Waals surface area contributed by atoms with Crippen molar-refractivity contribution in [1.29, 1.82) is 0 Å². The van der Waals surface area contributed by atoms with Crippen LogP contribution in [-0.4, -0.2) is 21.6 Å². The summed E-state index contributed by atoms with van der Waals surface area (Å²) < 4.78 is 2.07. The molecule has 1 N–H and O–H groups in total. The third-order valence-corrected chi connectivity index (χ3v) is 2.65. The summed E-state index contributed by atoms with van der Waals surface area (Å²) >= 11 is 0. The molecule has 0 aliphatic carbocycles. The Morgan fingerprint density at radius 1 is 1.47 bits per heavy atom. The van der Waals surface area contributed by atoms with Gasteiger partial charge in [0.05, 0.1) is 0 Å². The third-order valence-electron chi connectivity index (χ3n) is 2.65. The van der Waals surface area contributed by atoms with Gasteiger partial charge in [-0.15, -0.1) is 0 Å². The standard InChI is InChI=1S/C14H25N3/c1-12(7-6-8-16-14(2,3)4)11-13-15-9-10-17(13)5/h7,9-10,16H,6,8,11H2,1-5H3. The second kappa shape index (κ2) is 6.01. The van der Waals surface area contributed by atoms with Crippen molar-refractivity contribution in [2.75, 3.05) is 6.54 Å². The van der Waals surface area contributed by atoms with E-state index < -0.39 is 0 Å². The highest BCUT2D eigenvalue weighted by atomic mass is 15.0. The average Bonchev–Trinajstić information content (AvgIpc) is 2.58. The van der Waals surface area contributed by atoms with Crippen molar-refractivity contribution in [3.8, 4) is 0 Å². The fourth-order valence-corrected chi connectivity index (χ4v) is 1.65. The predicted octanol–water partition coefficient (Wildman–Crippen LogP) is 2.69. The third kappa shape index (κ3) is 5.68. The second-order valence-electron chi connectivity index (χ2n) is 5.65. The number of nitrogens with zero attached hydrogens (tertiary/aromatic N) is 2. The topological polar surface area (TPSA) is 29.9 Å². The van der Waals surface area contributed by atoms with Gasteiger partial charge in [-0.05, 0) is 40.7 Å². The summed E-state index contributed by atoms with van der Waals surface area (Å²) in [6.45, 7) is 9.78. The van der Waals surface area contributed by atoms with E-state index in [1.165, 1.54) is 5.57 Å². The summed E-state index contributed by atoms with van der Waals surface area (Å²) in [6.07, 6.45) is 8.16. The van der Waals surface area contributed by atoms with Gasteiger partial charge in [0.15, 0.2) is 0 Å². The monoisotopic (exact) mass is 235 g/mol. The van der Waals surface area contributed by atoms with Gasteiger partial charge in [-0.2, -0.15) is 0 Å². The first-order chi connectivity index (χ1) is 7.88. The lowest BCUT2D eigenvalue weighted by Gasteiger charge is -2.19. The van der Waals surface area contributed by atoms with Gasteiger partial charge in [0.2, 0.25) is 0 Å². The Bertz CT molecular complexity index is 369. The number of hydrogen-bond acceptors (Lipinski definition) is 2. The van der Waals surface area contributed by atoms with E-state index in [9.17, 15) is 0 Å². The molecular weight excluding hydrogens is 210 g/mol. The normalized spacial score (nSPS) is 13.1. The zero-order valence-corrected chi connectivity index (χ0v) is 11.7. The molecule has 0 aliphatic rings. The molecule has 0 radical (unpaired) electrons. The number of imidazole rings is 1. The first-order valence-electron chi connectivity index (χ1n) is 6.25. The Kier molecular flexibility index (Phi) is 4.94. The molecule has 1 aromatic rings. The van der Waals surface area contributed by atoms with Crippen molar-refractivity contribution in [3.05, 3.63) is 29.9 Å². The number of hydrogen-bond donors (Lipinski definition) is 1. The van der Waals surface area contributed by atoms with Crippen LogP contribution in [0.1, 0.15) is 39.9 Å². The number of aromatic nitrogens is 2. The molecule has 0 fully saturated rings. The molecule has 0 unspecified atom stereocenters. The Balaban J connectivity index is 2.33. The largest absolute Gasteiger partial charge is 0.338 e. The van der Waals surface area contributed by atoms with Crippen molar-refractivity contribution < 1.29 is 0 Å². The zero-order chi connectivity index (χ0) is 12.9. The SMILES string of the molecule is CC(=CCCNC(C)(C)C)Cc1nccn1C. The van der Waals surface area contributed by atoms with Crippen LogP contribution in [0.5, 0.6) is 0 Å². The highest BCUT2D eigenvalue weighted by molar-refractivity contribution is 5.08. The molecule has 0 saturated heterocycles. The molecule has 1 heterocycles. The molecular formula is C14H25N3. The molecule has 96 valence electrons. The summed E-state index contributed by atoms with van der Waals surface area (Å²) in [6, 6.07) is 0. The van der Waals surface area contributed by atoms with E-state index in [1.54, 1.807) is 0 Å². The molecule has 3 nitrogen and oxygen atoms in total. The van der Waals surface area contributed by atoms with Crippen LogP contribution in [0.2, 0.25) is 0 Å². The van der Waals surface area contributed by atoms with E-state index in [1.807, 2.05) is 19.4 Å². The van der Waals surface area contributed by atoms with Crippen LogP contribution in [0, 0.1) is 0 Å². The van der Waals surface area contributed by atoms with Gasteiger partial charge in [-0.3, -0.25) is 0 Å². The molecule has 0 aromatic carbocycles. The maximum atomic E-state index is 4.33. The molecule has 3 heteroatoms. The Morgan fingerprint density at radius 3 is 2.71 bits per heavy atom. The molecule has 0 atom stereocenters. The molecule has 0 bridgehead atoms. The summed E-state index contributed by atoms with van der Waals surface area (Å²) in [7, 11) is 2.04. The predicted molar refractivity (Wildman–Crippen MR) is 73.0 cm³/mol. The lowest BCUT2D eigenvalue weighted by Crippen LogP contribution is -2.36. The van der Waals surface area contributed by atoms with Gasteiger partial charge in [-0.25, -0.2) is 4.98 Å². The van der Waals surface area contributed by atoms with Crippen LogP contribution >= 0.6 is 0 Å². The first kappa shape index (κ1) is 14.0. The van der Waals surface area contributed by atoms with E-state index in [4.69, 9.17) is 0 Å². The highest BCUT2D eigenvalue weighted by Crippen LogP contribution is 2.06. The van der Waals surface area contributed by atoms with Crippen LogP contribution in [0.3, 0.4) is 0 Å². The van der Waals surface area contributed by atoms with Crippen LogP contribution < -0.4 is 5.32 Å². The quantitative estimate of drug-likeness (QED) is 0.628. The average molecular weight is 235 g/mol. The zero-order valence-electron chi connectivity index (χ0n) is 11.7. The highest BCUT2D eigenvalue weighted by Gasteiger charge is 2.06. The summed E-state index contributed by atoms with van der Waals surface area (Å²) in [5, 5.41) is 3.48. The van der Waals surface area contributed by atoms with E-state index in [-0.39, 0.29) is 5.54 Å². The number of nitrogens with one attached hydrogen (secondary N) is 1. The lowest BCUT2D eigenvalue weighted by atomic mass is 10.1.